The SMILES string of the molecule is COc1ccc(F)cc1C1=CCCN(C(=O)/C=C/c2cnc3c(c2)CCCC(=O)N3)CC1. The molecule has 6 nitrogen and oxygen atoms in total. The van der Waals surface area contributed by atoms with Gasteiger partial charge in [0, 0.05) is 37.3 Å². The van der Waals surface area contributed by atoms with Crippen molar-refractivity contribution in [2.45, 2.75) is 32.1 Å². The maximum Gasteiger partial charge on any atom is 0.246 e. The van der Waals surface area contributed by atoms with E-state index in [1.54, 1.807) is 36.4 Å². The van der Waals surface area contributed by atoms with E-state index in [2.05, 4.69) is 16.4 Å². The Morgan fingerprint density at radius 2 is 2.09 bits per heavy atom. The fourth-order valence-electron chi connectivity index (χ4n) is 4.09. The molecule has 0 aliphatic carbocycles. The molecule has 0 saturated heterocycles. The van der Waals surface area contributed by atoms with Crippen molar-refractivity contribution < 1.29 is 18.7 Å². The van der Waals surface area contributed by atoms with Crippen molar-refractivity contribution in [1.29, 1.82) is 0 Å². The smallest absolute Gasteiger partial charge is 0.246 e. The van der Waals surface area contributed by atoms with E-state index < -0.39 is 0 Å². The molecule has 1 N–H and O–H groups in total. The minimum absolute atomic E-state index is 0.0141. The Balaban J connectivity index is 1.41. The zero-order valence-electron chi connectivity index (χ0n) is 18.1. The zero-order chi connectivity index (χ0) is 22.5. The number of pyridine rings is 1. The summed E-state index contributed by atoms with van der Waals surface area (Å²) in [6, 6.07) is 6.46. The molecule has 0 saturated carbocycles. The summed E-state index contributed by atoms with van der Waals surface area (Å²) in [6.07, 6.45) is 10.4. The summed E-state index contributed by atoms with van der Waals surface area (Å²) < 4.78 is 19.2. The average molecular weight is 435 g/mol. The predicted molar refractivity (Wildman–Crippen MR) is 122 cm³/mol. The van der Waals surface area contributed by atoms with Gasteiger partial charge in [0.15, 0.2) is 0 Å². The number of nitrogens with zero attached hydrogens (tertiary/aromatic N) is 2. The Kier molecular flexibility index (Phi) is 6.63. The molecule has 0 atom stereocenters. The molecule has 0 unspecified atom stereocenters. The number of hydrogen-bond donors (Lipinski definition) is 1. The number of aryl methyl sites for hydroxylation is 1. The van der Waals surface area contributed by atoms with Crippen LogP contribution in [0.4, 0.5) is 10.2 Å². The van der Waals surface area contributed by atoms with Crippen LogP contribution < -0.4 is 10.1 Å². The van der Waals surface area contributed by atoms with E-state index in [9.17, 15) is 14.0 Å². The first-order chi connectivity index (χ1) is 15.5. The third kappa shape index (κ3) is 5.04. The van der Waals surface area contributed by atoms with Crippen LogP contribution in [-0.4, -0.2) is 41.9 Å². The van der Waals surface area contributed by atoms with E-state index in [-0.39, 0.29) is 17.6 Å². The second kappa shape index (κ2) is 9.77. The number of anilines is 1. The van der Waals surface area contributed by atoms with Crippen molar-refractivity contribution in [2.24, 2.45) is 0 Å². The van der Waals surface area contributed by atoms with Crippen LogP contribution in [0.5, 0.6) is 5.75 Å². The van der Waals surface area contributed by atoms with Crippen LogP contribution in [0, 0.1) is 5.82 Å². The maximum atomic E-state index is 13.8. The molecule has 2 amide bonds. The molecular weight excluding hydrogens is 409 g/mol. The standard InChI is InChI=1S/C25H26FN3O3/c1-32-22-9-8-20(26)15-21(22)18-5-3-12-29(13-11-18)24(31)10-7-17-14-19-4-2-6-23(30)28-25(19)27-16-17/h5,7-10,14-16H,2-4,6,11-13H2,1H3,(H,27,28,30)/b10-7+. The quantitative estimate of drug-likeness (QED) is 0.730. The summed E-state index contributed by atoms with van der Waals surface area (Å²) in [7, 11) is 1.57. The van der Waals surface area contributed by atoms with Crippen molar-refractivity contribution in [3.8, 4) is 5.75 Å². The fourth-order valence-corrected chi connectivity index (χ4v) is 4.09. The van der Waals surface area contributed by atoms with Gasteiger partial charge in [-0.3, -0.25) is 9.59 Å². The first kappa shape index (κ1) is 21.7. The lowest BCUT2D eigenvalue weighted by atomic mass is 10.0. The van der Waals surface area contributed by atoms with Gasteiger partial charge in [-0.25, -0.2) is 9.37 Å². The molecule has 1 aromatic heterocycles. The maximum absolute atomic E-state index is 13.8. The third-order valence-electron chi connectivity index (χ3n) is 5.77. The van der Waals surface area contributed by atoms with Crippen molar-refractivity contribution in [1.82, 2.24) is 9.88 Å². The molecular formula is C25H26FN3O3. The Morgan fingerprint density at radius 3 is 2.94 bits per heavy atom. The van der Waals surface area contributed by atoms with E-state index in [0.29, 0.717) is 43.9 Å². The molecule has 0 radical (unpaired) electrons. The van der Waals surface area contributed by atoms with E-state index in [1.807, 2.05) is 6.07 Å². The van der Waals surface area contributed by atoms with Crippen LogP contribution in [0.1, 0.15) is 42.4 Å². The van der Waals surface area contributed by atoms with Crippen molar-refractivity contribution in [3.05, 3.63) is 65.1 Å². The lowest BCUT2D eigenvalue weighted by Crippen LogP contribution is -2.30. The summed E-state index contributed by atoms with van der Waals surface area (Å²) in [5.74, 6) is 0.837. The molecule has 1 aromatic carbocycles. The van der Waals surface area contributed by atoms with E-state index in [0.717, 1.165) is 35.1 Å². The number of hydrogen-bond acceptors (Lipinski definition) is 4. The van der Waals surface area contributed by atoms with Gasteiger partial charge in [-0.05, 0) is 72.7 Å². The molecule has 0 fully saturated rings. The Labute approximate surface area is 186 Å². The normalized spacial score (nSPS) is 16.6. The molecule has 32 heavy (non-hydrogen) atoms. The average Bonchev–Trinajstić information content (AvgIpc) is 3.15. The van der Waals surface area contributed by atoms with Crippen molar-refractivity contribution in [2.75, 3.05) is 25.5 Å². The Hall–Kier alpha value is -3.48. The molecule has 3 heterocycles. The molecule has 2 aliphatic rings. The molecule has 0 spiro atoms. The van der Waals surface area contributed by atoms with Gasteiger partial charge in [0.2, 0.25) is 11.8 Å². The van der Waals surface area contributed by atoms with E-state index in [1.165, 1.54) is 12.1 Å². The number of aromatic nitrogens is 1. The second-order valence-electron chi connectivity index (χ2n) is 7.95. The molecule has 2 aromatic rings. The summed E-state index contributed by atoms with van der Waals surface area (Å²) in [5.41, 5.74) is 3.53. The number of rotatable bonds is 4. The number of methoxy groups -OCH3 is 1. The number of fused-ring (bicyclic) bond motifs is 1. The van der Waals surface area contributed by atoms with Gasteiger partial charge in [0.1, 0.15) is 17.4 Å². The van der Waals surface area contributed by atoms with Gasteiger partial charge in [-0.2, -0.15) is 0 Å². The van der Waals surface area contributed by atoms with Crippen molar-refractivity contribution >= 4 is 29.3 Å². The number of nitrogens with one attached hydrogen (secondary N) is 1. The number of amides is 2. The highest BCUT2D eigenvalue weighted by Crippen LogP contribution is 2.31. The Morgan fingerprint density at radius 1 is 1.22 bits per heavy atom. The molecule has 4 rings (SSSR count). The number of carbonyl (C=O) groups is 2. The highest BCUT2D eigenvalue weighted by atomic mass is 19.1. The van der Waals surface area contributed by atoms with Gasteiger partial charge in [-0.15, -0.1) is 0 Å². The van der Waals surface area contributed by atoms with Gasteiger partial charge < -0.3 is 15.0 Å². The monoisotopic (exact) mass is 435 g/mol. The van der Waals surface area contributed by atoms with Crippen LogP contribution >= 0.6 is 0 Å². The lowest BCUT2D eigenvalue weighted by molar-refractivity contribution is -0.125. The number of halogens is 1. The number of ether oxygens (including phenoxy) is 1. The zero-order valence-corrected chi connectivity index (χ0v) is 18.1. The van der Waals surface area contributed by atoms with Crippen LogP contribution in [0.3, 0.4) is 0 Å². The molecule has 7 heteroatoms. The summed E-state index contributed by atoms with van der Waals surface area (Å²) in [4.78, 5) is 30.6. The third-order valence-corrected chi connectivity index (χ3v) is 5.77. The molecule has 0 bridgehead atoms. The largest absolute Gasteiger partial charge is 0.496 e. The summed E-state index contributed by atoms with van der Waals surface area (Å²) in [6.45, 7) is 1.14. The first-order valence-corrected chi connectivity index (χ1v) is 10.8. The van der Waals surface area contributed by atoms with Gasteiger partial charge in [-0.1, -0.05) is 6.08 Å². The fraction of sp³-hybridized carbons (Fsp3) is 0.320. The van der Waals surface area contributed by atoms with Crippen LogP contribution in [-0.2, 0) is 16.0 Å². The highest BCUT2D eigenvalue weighted by Gasteiger charge is 2.18. The Bertz CT molecular complexity index is 1090. The van der Waals surface area contributed by atoms with Gasteiger partial charge >= 0.3 is 0 Å². The van der Waals surface area contributed by atoms with E-state index >= 15 is 0 Å². The van der Waals surface area contributed by atoms with Gasteiger partial charge in [0.05, 0.1) is 7.11 Å². The molecule has 166 valence electrons. The van der Waals surface area contributed by atoms with Gasteiger partial charge in [0.25, 0.3) is 0 Å². The lowest BCUT2D eigenvalue weighted by Gasteiger charge is -2.19. The summed E-state index contributed by atoms with van der Waals surface area (Å²) >= 11 is 0. The topological polar surface area (TPSA) is 71.5 Å². The number of benzene rings is 1. The second-order valence-corrected chi connectivity index (χ2v) is 7.95. The number of carbonyl (C=O) groups excluding carboxylic acids is 2. The van der Waals surface area contributed by atoms with E-state index in [4.69, 9.17) is 4.74 Å². The summed E-state index contributed by atoms with van der Waals surface area (Å²) in [5, 5.41) is 2.81. The van der Waals surface area contributed by atoms with Crippen LogP contribution in [0.2, 0.25) is 0 Å². The molecule has 2 aliphatic heterocycles. The van der Waals surface area contributed by atoms with Crippen LogP contribution in [0.25, 0.3) is 11.6 Å². The minimum atomic E-state index is -0.309. The van der Waals surface area contributed by atoms with Crippen molar-refractivity contribution in [3.63, 3.8) is 0 Å². The minimum Gasteiger partial charge on any atom is -0.496 e. The van der Waals surface area contributed by atoms with Crippen LogP contribution in [0.15, 0.2) is 42.6 Å². The first-order valence-electron chi connectivity index (χ1n) is 10.8. The highest BCUT2D eigenvalue weighted by molar-refractivity contribution is 5.93. The predicted octanol–water partition coefficient (Wildman–Crippen LogP) is 4.22.